The van der Waals surface area contributed by atoms with Gasteiger partial charge in [-0.15, -0.1) is 0 Å². The molecule has 1 aromatic carbocycles. The first kappa shape index (κ1) is 10.1. The quantitative estimate of drug-likeness (QED) is 0.665. The fraction of sp³-hybridized carbons (Fsp3) is 0.133. The van der Waals surface area contributed by atoms with Crippen LogP contribution < -0.4 is 0 Å². The molecule has 3 rings (SSSR count). The van der Waals surface area contributed by atoms with Gasteiger partial charge in [0.1, 0.15) is 5.65 Å². The van der Waals surface area contributed by atoms with Gasteiger partial charge in [-0.3, -0.25) is 0 Å². The van der Waals surface area contributed by atoms with E-state index in [4.69, 9.17) is 0 Å². The van der Waals surface area contributed by atoms with Crippen LogP contribution >= 0.6 is 0 Å². The zero-order valence-electron chi connectivity index (χ0n) is 9.99. The largest absolute Gasteiger partial charge is 0.345 e. The third-order valence-corrected chi connectivity index (χ3v) is 3.05. The number of fused-ring (bicyclic) bond motifs is 1. The molecule has 3 aromatic rings. The highest BCUT2D eigenvalue weighted by atomic mass is 14.8. The van der Waals surface area contributed by atoms with Gasteiger partial charge < -0.3 is 4.98 Å². The van der Waals surface area contributed by atoms with Crippen molar-refractivity contribution in [2.24, 2.45) is 0 Å². The molecule has 84 valence electrons. The smallest absolute Gasteiger partial charge is 0.138 e. The monoisotopic (exact) mass is 222 g/mol. The summed E-state index contributed by atoms with van der Waals surface area (Å²) in [6.07, 6.45) is 2.04. The summed E-state index contributed by atoms with van der Waals surface area (Å²) >= 11 is 0. The Bertz CT molecular complexity index is 666. The zero-order valence-corrected chi connectivity index (χ0v) is 9.99. The molecule has 17 heavy (non-hydrogen) atoms. The lowest BCUT2D eigenvalue weighted by molar-refractivity contribution is 1.21. The molecule has 2 nitrogen and oxygen atoms in total. The highest BCUT2D eigenvalue weighted by molar-refractivity contribution is 5.96. The number of rotatable bonds is 1. The van der Waals surface area contributed by atoms with Crippen LogP contribution in [-0.4, -0.2) is 9.97 Å². The molecule has 0 radical (unpaired) electrons. The van der Waals surface area contributed by atoms with Crippen molar-refractivity contribution in [3.63, 3.8) is 0 Å². The average Bonchev–Trinajstić information content (AvgIpc) is 2.74. The van der Waals surface area contributed by atoms with Crippen LogP contribution in [-0.2, 0) is 0 Å². The molecular formula is C15H14N2. The van der Waals surface area contributed by atoms with Crippen LogP contribution in [0.4, 0.5) is 0 Å². The molecule has 0 unspecified atom stereocenters. The molecule has 0 spiro atoms. The molecule has 0 amide bonds. The van der Waals surface area contributed by atoms with Gasteiger partial charge in [-0.25, -0.2) is 4.98 Å². The number of H-pyrrole nitrogens is 1. The lowest BCUT2D eigenvalue weighted by Gasteiger charge is -2.03. The van der Waals surface area contributed by atoms with Crippen molar-refractivity contribution in [2.75, 3.05) is 0 Å². The topological polar surface area (TPSA) is 28.7 Å². The fourth-order valence-electron chi connectivity index (χ4n) is 2.34. The first-order valence-electron chi connectivity index (χ1n) is 5.76. The number of aromatic nitrogens is 2. The Balaban J connectivity index is 2.32. The standard InChI is InChI=1S/C15H14N2/c1-10-8-11(2)17-15-14(10)13(9-16-15)12-6-4-3-5-7-12/h3-9H,1-2H3,(H,16,17). The van der Waals surface area contributed by atoms with Gasteiger partial charge >= 0.3 is 0 Å². The normalized spacial score (nSPS) is 10.9. The Hall–Kier alpha value is -2.09. The first-order valence-corrected chi connectivity index (χ1v) is 5.76. The molecule has 2 heterocycles. The van der Waals surface area contributed by atoms with Gasteiger partial charge in [0.15, 0.2) is 0 Å². The minimum Gasteiger partial charge on any atom is -0.345 e. The minimum absolute atomic E-state index is 0.973. The van der Waals surface area contributed by atoms with E-state index in [2.05, 4.69) is 47.2 Å². The minimum atomic E-state index is 0.973. The number of nitrogens with zero attached hydrogens (tertiary/aromatic N) is 1. The van der Waals surface area contributed by atoms with Crippen molar-refractivity contribution >= 4 is 11.0 Å². The maximum atomic E-state index is 4.53. The fourth-order valence-corrected chi connectivity index (χ4v) is 2.34. The van der Waals surface area contributed by atoms with Crippen LogP contribution in [0, 0.1) is 13.8 Å². The Labute approximate surface area is 100 Å². The molecule has 0 saturated heterocycles. The van der Waals surface area contributed by atoms with Crippen molar-refractivity contribution in [3.8, 4) is 11.1 Å². The van der Waals surface area contributed by atoms with E-state index in [1.165, 1.54) is 22.1 Å². The van der Waals surface area contributed by atoms with Gasteiger partial charge in [0.05, 0.1) is 0 Å². The maximum absolute atomic E-state index is 4.53. The summed E-state index contributed by atoms with van der Waals surface area (Å²) in [5.74, 6) is 0. The van der Waals surface area contributed by atoms with E-state index in [1.54, 1.807) is 0 Å². The van der Waals surface area contributed by atoms with Gasteiger partial charge in [-0.1, -0.05) is 30.3 Å². The summed E-state index contributed by atoms with van der Waals surface area (Å²) in [5, 5.41) is 1.22. The molecule has 0 fully saturated rings. The van der Waals surface area contributed by atoms with Crippen molar-refractivity contribution in [3.05, 3.63) is 53.9 Å². The van der Waals surface area contributed by atoms with Crippen LogP contribution in [0.25, 0.3) is 22.2 Å². The first-order chi connectivity index (χ1) is 8.25. The Kier molecular flexibility index (Phi) is 2.22. The van der Waals surface area contributed by atoms with E-state index in [-0.39, 0.29) is 0 Å². The zero-order chi connectivity index (χ0) is 11.8. The maximum Gasteiger partial charge on any atom is 0.138 e. The summed E-state index contributed by atoms with van der Waals surface area (Å²) in [4.78, 5) is 7.78. The SMILES string of the molecule is Cc1cc(C)c2c(-c3ccccc3)c[nH]c2n1. The van der Waals surface area contributed by atoms with Crippen molar-refractivity contribution in [1.82, 2.24) is 9.97 Å². The Morgan fingerprint density at radius 2 is 1.82 bits per heavy atom. The molecule has 0 aliphatic carbocycles. The summed E-state index contributed by atoms with van der Waals surface area (Å²) in [7, 11) is 0. The number of aromatic amines is 1. The van der Waals surface area contributed by atoms with Crippen molar-refractivity contribution < 1.29 is 0 Å². The van der Waals surface area contributed by atoms with E-state index < -0.39 is 0 Å². The highest BCUT2D eigenvalue weighted by Gasteiger charge is 2.09. The third kappa shape index (κ3) is 1.62. The van der Waals surface area contributed by atoms with Crippen LogP contribution in [0.15, 0.2) is 42.6 Å². The van der Waals surface area contributed by atoms with Gasteiger partial charge in [0.25, 0.3) is 0 Å². The number of aryl methyl sites for hydroxylation is 2. The number of nitrogens with one attached hydrogen (secondary N) is 1. The molecule has 1 N–H and O–H groups in total. The van der Waals surface area contributed by atoms with E-state index in [9.17, 15) is 0 Å². The van der Waals surface area contributed by atoms with E-state index in [1.807, 2.05) is 19.2 Å². The van der Waals surface area contributed by atoms with Crippen molar-refractivity contribution in [2.45, 2.75) is 13.8 Å². The summed E-state index contributed by atoms with van der Waals surface area (Å²) in [5.41, 5.74) is 5.75. The van der Waals surface area contributed by atoms with Gasteiger partial charge in [-0.2, -0.15) is 0 Å². The second-order valence-electron chi connectivity index (χ2n) is 4.37. The Morgan fingerprint density at radius 3 is 2.59 bits per heavy atom. The number of hydrogen-bond donors (Lipinski definition) is 1. The van der Waals surface area contributed by atoms with Crippen molar-refractivity contribution in [1.29, 1.82) is 0 Å². The van der Waals surface area contributed by atoms with Crippen LogP contribution in [0.3, 0.4) is 0 Å². The van der Waals surface area contributed by atoms with Crippen LogP contribution in [0.2, 0.25) is 0 Å². The molecular weight excluding hydrogens is 208 g/mol. The second-order valence-corrected chi connectivity index (χ2v) is 4.37. The third-order valence-electron chi connectivity index (χ3n) is 3.05. The predicted molar refractivity (Wildman–Crippen MR) is 71.0 cm³/mol. The summed E-state index contributed by atoms with van der Waals surface area (Å²) in [6, 6.07) is 12.5. The van der Waals surface area contributed by atoms with E-state index in [0.717, 1.165) is 11.3 Å². The van der Waals surface area contributed by atoms with E-state index >= 15 is 0 Å². The molecule has 0 aliphatic rings. The summed E-state index contributed by atoms with van der Waals surface area (Å²) in [6.45, 7) is 4.16. The Morgan fingerprint density at radius 1 is 1.06 bits per heavy atom. The number of benzene rings is 1. The predicted octanol–water partition coefficient (Wildman–Crippen LogP) is 3.85. The molecule has 2 heteroatoms. The number of hydrogen-bond acceptors (Lipinski definition) is 1. The van der Waals surface area contributed by atoms with Crippen LogP contribution in [0.1, 0.15) is 11.3 Å². The number of pyridine rings is 1. The molecule has 2 aromatic heterocycles. The highest BCUT2D eigenvalue weighted by Crippen LogP contribution is 2.30. The molecule has 0 aliphatic heterocycles. The second kappa shape index (κ2) is 3.74. The van der Waals surface area contributed by atoms with Gasteiger partial charge in [0.2, 0.25) is 0 Å². The van der Waals surface area contributed by atoms with Gasteiger partial charge in [0, 0.05) is 22.8 Å². The average molecular weight is 222 g/mol. The van der Waals surface area contributed by atoms with E-state index in [0.29, 0.717) is 0 Å². The lowest BCUT2D eigenvalue weighted by Crippen LogP contribution is -1.86. The molecule has 0 saturated carbocycles. The van der Waals surface area contributed by atoms with Gasteiger partial charge in [-0.05, 0) is 31.0 Å². The van der Waals surface area contributed by atoms with Crippen LogP contribution in [0.5, 0.6) is 0 Å². The summed E-state index contributed by atoms with van der Waals surface area (Å²) < 4.78 is 0. The molecule has 0 atom stereocenters. The lowest BCUT2D eigenvalue weighted by atomic mass is 10.0. The molecule has 0 bridgehead atoms.